The minimum Gasteiger partial charge on any atom is -0.383 e. The Morgan fingerprint density at radius 2 is 1.95 bits per heavy atom. The molecule has 0 bridgehead atoms. The van der Waals surface area contributed by atoms with Crippen LogP contribution in [0.4, 0.5) is 5.82 Å². The van der Waals surface area contributed by atoms with Crippen LogP contribution in [0, 0.1) is 11.8 Å². The lowest BCUT2D eigenvalue weighted by Crippen LogP contribution is -2.29. The molecule has 216 valence electrons. The Morgan fingerprint density at radius 3 is 2.62 bits per heavy atom. The maximum atomic E-state index is 12.2. The van der Waals surface area contributed by atoms with Crippen LogP contribution < -0.4 is 11.5 Å². The summed E-state index contributed by atoms with van der Waals surface area (Å²) in [5.74, 6) is 5.77. The third-order valence-electron chi connectivity index (χ3n) is 4.87. The predicted octanol–water partition coefficient (Wildman–Crippen LogP) is 0.500. The topological polar surface area (TPSA) is 270 Å². The highest BCUT2D eigenvalue weighted by atomic mass is 31.3. The lowest BCUT2D eigenvalue weighted by molar-refractivity contribution is -0.112. The van der Waals surface area contributed by atoms with Gasteiger partial charge in [0.25, 0.3) is 0 Å². The maximum Gasteiger partial charge on any atom is 0.490 e. The molecule has 1 aliphatic rings. The average molecular weight is 613 g/mol. The Labute approximate surface area is 221 Å². The third-order valence-corrected chi connectivity index (χ3v) is 8.68. The van der Waals surface area contributed by atoms with Gasteiger partial charge in [0, 0.05) is 12.6 Å². The third kappa shape index (κ3) is 8.98. The van der Waals surface area contributed by atoms with Crippen molar-refractivity contribution >= 4 is 40.3 Å². The van der Waals surface area contributed by atoms with Gasteiger partial charge in [-0.25, -0.2) is 23.7 Å². The minimum absolute atomic E-state index is 0.0868. The molecule has 0 radical (unpaired) electrons. The number of ether oxygens (including phenoxy) is 3. The summed E-state index contributed by atoms with van der Waals surface area (Å²) in [4.78, 5) is 44.7. The highest BCUT2D eigenvalue weighted by molar-refractivity contribution is 7.66. The van der Waals surface area contributed by atoms with Gasteiger partial charge in [-0.3, -0.25) is 4.52 Å². The zero-order valence-corrected chi connectivity index (χ0v) is 22.7. The molecule has 0 spiro atoms. The summed E-state index contributed by atoms with van der Waals surface area (Å²) in [5, 5.41) is 0.450. The molecule has 1 saturated heterocycles. The van der Waals surface area contributed by atoms with E-state index >= 15 is 0 Å². The smallest absolute Gasteiger partial charge is 0.383 e. The largest absolute Gasteiger partial charge is 0.490 e. The lowest BCUT2D eigenvalue weighted by Gasteiger charge is -2.21. The van der Waals surface area contributed by atoms with E-state index in [0.29, 0.717) is 16.6 Å². The van der Waals surface area contributed by atoms with Crippen molar-refractivity contribution in [2.75, 3.05) is 32.3 Å². The molecule has 39 heavy (non-hydrogen) atoms. The van der Waals surface area contributed by atoms with Crippen LogP contribution in [0.15, 0.2) is 25.2 Å². The highest BCUT2D eigenvalue weighted by Gasteiger charge is 2.43. The molecule has 5 atom stereocenters. The van der Waals surface area contributed by atoms with Crippen molar-refractivity contribution in [1.82, 2.24) is 14.5 Å². The van der Waals surface area contributed by atoms with Crippen LogP contribution in [0.5, 0.6) is 0 Å². The molecular formula is C18H26N5O13P3. The van der Waals surface area contributed by atoms with Crippen molar-refractivity contribution in [3.05, 3.63) is 30.7 Å². The zero-order chi connectivity index (χ0) is 28.8. The summed E-state index contributed by atoms with van der Waals surface area (Å²) in [6.45, 7) is 2.83. The van der Waals surface area contributed by atoms with E-state index in [4.69, 9.17) is 40.0 Å². The number of rotatable bonds is 13. The first-order valence-corrected chi connectivity index (χ1v) is 15.3. The Kier molecular flexibility index (Phi) is 10.6. The standard InChI is InChI=1S/C18H26N5O13P3/c1-2-6-31-11-32-13-7-15(23-8-12(4-3-5-19)16-17(20)21-10-22-18(16)23)34-14(13)9-33-38(27,28)36-39(29,30)35-37(24,25)26/h2,8,10,13-15H,1,5-7,9,11,19H2,(H,27,28)(H,29,30)(H2,20,21,22)(H2,24,25,26)/t13-,14?,15-/m1/s1. The van der Waals surface area contributed by atoms with Gasteiger partial charge in [-0.1, -0.05) is 17.9 Å². The fourth-order valence-electron chi connectivity index (χ4n) is 3.50. The lowest BCUT2D eigenvalue weighted by atomic mass is 10.2. The van der Waals surface area contributed by atoms with Crippen molar-refractivity contribution < 1.29 is 60.6 Å². The molecule has 3 unspecified atom stereocenters. The van der Waals surface area contributed by atoms with E-state index in [1.165, 1.54) is 12.4 Å². The van der Waals surface area contributed by atoms with Crippen LogP contribution in [-0.4, -0.2) is 72.9 Å². The van der Waals surface area contributed by atoms with Crippen molar-refractivity contribution in [3.8, 4) is 11.8 Å². The Balaban J connectivity index is 1.82. The van der Waals surface area contributed by atoms with Crippen LogP contribution >= 0.6 is 23.5 Å². The number of nitrogen functional groups attached to an aromatic ring is 1. The maximum absolute atomic E-state index is 12.2. The molecule has 3 heterocycles. The van der Waals surface area contributed by atoms with Gasteiger partial charge in [0.1, 0.15) is 36.9 Å². The van der Waals surface area contributed by atoms with Gasteiger partial charge >= 0.3 is 23.5 Å². The molecule has 1 aliphatic heterocycles. The summed E-state index contributed by atoms with van der Waals surface area (Å²) < 4.78 is 65.3. The first-order chi connectivity index (χ1) is 18.3. The number of nitrogens with two attached hydrogens (primary N) is 2. The monoisotopic (exact) mass is 613 g/mol. The molecule has 21 heteroatoms. The van der Waals surface area contributed by atoms with Gasteiger partial charge in [0.05, 0.1) is 36.8 Å². The number of fused-ring (bicyclic) bond motifs is 1. The normalized spacial score (nSPS) is 22.6. The second-order valence-electron chi connectivity index (χ2n) is 7.65. The zero-order valence-electron chi connectivity index (χ0n) is 20.0. The van der Waals surface area contributed by atoms with Crippen molar-refractivity contribution in [2.24, 2.45) is 5.73 Å². The summed E-state index contributed by atoms with van der Waals surface area (Å²) in [7, 11) is -16.6. The van der Waals surface area contributed by atoms with Crippen molar-refractivity contribution in [3.63, 3.8) is 0 Å². The second kappa shape index (κ2) is 13.1. The highest BCUT2D eigenvalue weighted by Crippen LogP contribution is 2.66. The van der Waals surface area contributed by atoms with Crippen LogP contribution in [0.25, 0.3) is 11.0 Å². The SMILES string of the molecule is C=CCOCO[C@@H]1C[C@H](n2cc(C#CCN)c3c(N)ncnc32)OC1COP(=O)(O)OP(=O)(O)OP(=O)(O)O. The number of anilines is 1. The second-order valence-corrected chi connectivity index (χ2v) is 12.1. The number of hydrogen-bond acceptors (Lipinski definition) is 13. The summed E-state index contributed by atoms with van der Waals surface area (Å²) in [6.07, 6.45) is 1.79. The van der Waals surface area contributed by atoms with E-state index in [2.05, 4.69) is 37.0 Å². The molecule has 2 aromatic rings. The van der Waals surface area contributed by atoms with Gasteiger partial charge in [0.15, 0.2) is 0 Å². The number of nitrogens with zero attached hydrogens (tertiary/aromatic N) is 3. The molecule has 0 aliphatic carbocycles. The molecule has 1 fully saturated rings. The first-order valence-electron chi connectivity index (χ1n) is 10.8. The van der Waals surface area contributed by atoms with Crippen LogP contribution in [-0.2, 0) is 41.1 Å². The van der Waals surface area contributed by atoms with Gasteiger partial charge in [-0.05, 0) is 0 Å². The van der Waals surface area contributed by atoms with Gasteiger partial charge in [-0.2, -0.15) is 8.62 Å². The van der Waals surface area contributed by atoms with Crippen molar-refractivity contribution in [1.29, 1.82) is 0 Å². The Morgan fingerprint density at radius 1 is 1.21 bits per heavy atom. The van der Waals surface area contributed by atoms with E-state index < -0.39 is 48.5 Å². The van der Waals surface area contributed by atoms with E-state index in [9.17, 15) is 23.5 Å². The fourth-order valence-corrected chi connectivity index (χ4v) is 6.53. The molecule has 2 aromatic heterocycles. The molecule has 3 rings (SSSR count). The van der Waals surface area contributed by atoms with Gasteiger partial charge in [0.2, 0.25) is 0 Å². The van der Waals surface area contributed by atoms with E-state index in [1.807, 2.05) is 0 Å². The van der Waals surface area contributed by atoms with E-state index in [-0.39, 0.29) is 32.2 Å². The van der Waals surface area contributed by atoms with E-state index in [0.717, 1.165) is 0 Å². The Hall–Kier alpha value is -2.03. The van der Waals surface area contributed by atoms with Crippen LogP contribution in [0.3, 0.4) is 0 Å². The number of phosphoric acid groups is 3. The van der Waals surface area contributed by atoms with Crippen molar-refractivity contribution in [2.45, 2.75) is 24.9 Å². The number of hydrogen-bond donors (Lipinski definition) is 6. The summed E-state index contributed by atoms with van der Waals surface area (Å²) >= 11 is 0. The van der Waals surface area contributed by atoms with E-state index in [1.54, 1.807) is 10.8 Å². The molecule has 8 N–H and O–H groups in total. The number of aromatic nitrogens is 3. The molecule has 0 aromatic carbocycles. The minimum atomic E-state index is -5.69. The Bertz CT molecular complexity index is 1390. The predicted molar refractivity (Wildman–Crippen MR) is 132 cm³/mol. The molecular weight excluding hydrogens is 587 g/mol. The van der Waals surface area contributed by atoms with Gasteiger partial charge in [-0.15, -0.1) is 6.58 Å². The first kappa shape index (κ1) is 31.5. The average Bonchev–Trinajstić information content (AvgIpc) is 3.39. The summed E-state index contributed by atoms with van der Waals surface area (Å²) in [6, 6.07) is 0. The van der Waals surface area contributed by atoms with Crippen LogP contribution in [0.1, 0.15) is 18.2 Å². The molecule has 0 saturated carbocycles. The summed E-state index contributed by atoms with van der Waals surface area (Å²) in [5.41, 5.74) is 12.3. The quantitative estimate of drug-likeness (QED) is 0.0590. The number of phosphoric ester groups is 1. The van der Waals surface area contributed by atoms with Gasteiger partial charge < -0.3 is 49.8 Å². The van der Waals surface area contributed by atoms with Crippen LogP contribution in [0.2, 0.25) is 0 Å². The molecule has 18 nitrogen and oxygen atoms in total. The fraction of sp³-hybridized carbons (Fsp3) is 0.444. The molecule has 0 amide bonds.